The molecule has 1 fully saturated rings. The van der Waals surface area contributed by atoms with Gasteiger partial charge in [0.1, 0.15) is 0 Å². The van der Waals surface area contributed by atoms with Crippen molar-refractivity contribution in [2.24, 2.45) is 0 Å². The van der Waals surface area contributed by atoms with Crippen molar-refractivity contribution in [1.82, 2.24) is 4.72 Å². The Kier molecular flexibility index (Phi) is 7.87. The van der Waals surface area contributed by atoms with Gasteiger partial charge in [0.25, 0.3) is 0 Å². The van der Waals surface area contributed by atoms with Crippen LogP contribution >= 0.6 is 0 Å². The number of nitrogens with zero attached hydrogens (tertiary/aromatic N) is 1. The number of nitrogens with one attached hydrogen (secondary N) is 2. The maximum absolute atomic E-state index is 12.1. The molecule has 2 atom stereocenters. The standard InChI is InChI=1S/C21H33N3O5S/c1-15-13-24(14-16(2)29-15)18-11-9-17(10-12-18)22-19(25)7-6-8-20(26)23-30(27,28)21(3,4)5/h9-12,15-16H,6-8,13-14H2,1-5H3,(H,22,25)(H,23,26)/t15-,16+. The molecule has 0 unspecified atom stereocenters. The van der Waals surface area contributed by atoms with Crippen LogP contribution in [0.1, 0.15) is 53.9 Å². The molecule has 1 heterocycles. The number of rotatable bonds is 7. The molecule has 1 aliphatic rings. The van der Waals surface area contributed by atoms with E-state index in [1.165, 1.54) is 20.8 Å². The number of ether oxygens (including phenoxy) is 1. The molecule has 0 saturated carbocycles. The van der Waals surface area contributed by atoms with Gasteiger partial charge in [-0.2, -0.15) is 0 Å². The van der Waals surface area contributed by atoms with E-state index in [2.05, 4.69) is 28.8 Å². The van der Waals surface area contributed by atoms with Gasteiger partial charge < -0.3 is 15.0 Å². The lowest BCUT2D eigenvalue weighted by atomic mass is 10.2. The molecule has 1 aromatic rings. The number of carbonyl (C=O) groups excluding carboxylic acids is 2. The minimum absolute atomic E-state index is 0.0327. The average Bonchev–Trinajstić information content (AvgIpc) is 2.60. The molecule has 0 aromatic heterocycles. The van der Waals surface area contributed by atoms with Gasteiger partial charge in [-0.15, -0.1) is 0 Å². The van der Waals surface area contributed by atoms with Gasteiger partial charge in [0.15, 0.2) is 0 Å². The Morgan fingerprint density at radius 2 is 1.57 bits per heavy atom. The molecule has 1 aliphatic heterocycles. The lowest BCUT2D eigenvalue weighted by Crippen LogP contribution is -2.45. The lowest BCUT2D eigenvalue weighted by Gasteiger charge is -2.36. The van der Waals surface area contributed by atoms with Gasteiger partial charge in [0.05, 0.1) is 17.0 Å². The average molecular weight is 440 g/mol. The van der Waals surface area contributed by atoms with Gasteiger partial charge >= 0.3 is 0 Å². The number of benzene rings is 1. The first kappa shape index (κ1) is 24.1. The maximum Gasteiger partial charge on any atom is 0.239 e. The third-order valence-corrected chi connectivity index (χ3v) is 6.91. The van der Waals surface area contributed by atoms with Crippen molar-refractivity contribution in [2.45, 2.75) is 70.8 Å². The summed E-state index contributed by atoms with van der Waals surface area (Å²) in [4.78, 5) is 26.2. The zero-order valence-corrected chi connectivity index (χ0v) is 19.2. The molecule has 2 amide bonds. The fraction of sp³-hybridized carbons (Fsp3) is 0.619. The SMILES string of the molecule is C[C@@H]1CN(c2ccc(NC(=O)CCCC(=O)NS(=O)(=O)C(C)(C)C)cc2)C[C@H](C)O1. The molecular weight excluding hydrogens is 406 g/mol. The Balaban J connectivity index is 1.78. The first-order chi connectivity index (χ1) is 13.9. The van der Waals surface area contributed by atoms with Gasteiger partial charge in [-0.1, -0.05) is 0 Å². The van der Waals surface area contributed by atoms with Crippen LogP contribution in [0.3, 0.4) is 0 Å². The van der Waals surface area contributed by atoms with Crippen LogP contribution in [0.4, 0.5) is 11.4 Å². The zero-order chi connectivity index (χ0) is 22.5. The number of anilines is 2. The monoisotopic (exact) mass is 439 g/mol. The van der Waals surface area contributed by atoms with Gasteiger partial charge in [-0.3, -0.25) is 14.3 Å². The number of carbonyl (C=O) groups is 2. The van der Waals surface area contributed by atoms with E-state index in [4.69, 9.17) is 4.74 Å². The van der Waals surface area contributed by atoms with E-state index in [9.17, 15) is 18.0 Å². The van der Waals surface area contributed by atoms with Crippen molar-refractivity contribution in [3.63, 3.8) is 0 Å². The Labute approximate surface area is 179 Å². The maximum atomic E-state index is 12.1. The second kappa shape index (κ2) is 9.78. The molecule has 2 rings (SSSR count). The number of hydrogen-bond donors (Lipinski definition) is 2. The van der Waals surface area contributed by atoms with E-state index >= 15 is 0 Å². The molecule has 0 spiro atoms. The Bertz CT molecular complexity index is 836. The molecule has 1 saturated heterocycles. The Morgan fingerprint density at radius 3 is 2.10 bits per heavy atom. The molecule has 0 bridgehead atoms. The molecule has 0 aliphatic carbocycles. The van der Waals surface area contributed by atoms with Crippen LogP contribution in [0.2, 0.25) is 0 Å². The summed E-state index contributed by atoms with van der Waals surface area (Å²) in [6.45, 7) is 10.3. The quantitative estimate of drug-likeness (QED) is 0.677. The van der Waals surface area contributed by atoms with Crippen molar-refractivity contribution < 1.29 is 22.7 Å². The van der Waals surface area contributed by atoms with Crippen LogP contribution in [0.25, 0.3) is 0 Å². The Morgan fingerprint density at radius 1 is 1.03 bits per heavy atom. The van der Waals surface area contributed by atoms with Gasteiger partial charge in [-0.25, -0.2) is 8.42 Å². The first-order valence-corrected chi connectivity index (χ1v) is 11.7. The summed E-state index contributed by atoms with van der Waals surface area (Å²) in [6, 6.07) is 7.62. The van der Waals surface area contributed by atoms with Crippen molar-refractivity contribution in [3.05, 3.63) is 24.3 Å². The fourth-order valence-corrected chi connectivity index (χ4v) is 3.84. The molecule has 30 heavy (non-hydrogen) atoms. The van der Waals surface area contributed by atoms with Crippen LogP contribution in [-0.4, -0.2) is 50.3 Å². The van der Waals surface area contributed by atoms with Crippen LogP contribution in [0, 0.1) is 0 Å². The third-order valence-electron chi connectivity index (χ3n) is 4.80. The largest absolute Gasteiger partial charge is 0.372 e. The smallest absolute Gasteiger partial charge is 0.239 e. The number of sulfonamides is 1. The third kappa shape index (κ3) is 6.98. The second-order valence-electron chi connectivity index (χ2n) is 8.75. The molecular formula is C21H33N3O5S. The fourth-order valence-electron chi connectivity index (χ4n) is 3.13. The number of amides is 2. The minimum Gasteiger partial charge on any atom is -0.372 e. The van der Waals surface area contributed by atoms with E-state index in [1.807, 2.05) is 24.3 Å². The second-order valence-corrected chi connectivity index (χ2v) is 11.2. The summed E-state index contributed by atoms with van der Waals surface area (Å²) in [5.41, 5.74) is 1.75. The first-order valence-electron chi connectivity index (χ1n) is 10.2. The van der Waals surface area contributed by atoms with Crippen LogP contribution in [-0.2, 0) is 24.3 Å². The predicted octanol–water partition coefficient (Wildman–Crippen LogP) is 2.65. The van der Waals surface area contributed by atoms with E-state index in [0.717, 1.165) is 18.8 Å². The van der Waals surface area contributed by atoms with Crippen molar-refractivity contribution in [3.8, 4) is 0 Å². The normalized spacial score (nSPS) is 20.0. The van der Waals surface area contributed by atoms with Crippen molar-refractivity contribution in [1.29, 1.82) is 0 Å². The lowest BCUT2D eigenvalue weighted by molar-refractivity contribution is -0.119. The van der Waals surface area contributed by atoms with E-state index in [1.54, 1.807) is 0 Å². The minimum atomic E-state index is -3.73. The highest BCUT2D eigenvalue weighted by Gasteiger charge is 2.30. The summed E-state index contributed by atoms with van der Waals surface area (Å²) in [5, 5.41) is 2.80. The van der Waals surface area contributed by atoms with Crippen LogP contribution in [0.5, 0.6) is 0 Å². The van der Waals surface area contributed by atoms with E-state index < -0.39 is 20.7 Å². The van der Waals surface area contributed by atoms with Crippen molar-refractivity contribution in [2.75, 3.05) is 23.3 Å². The summed E-state index contributed by atoms with van der Waals surface area (Å²) in [7, 11) is -3.73. The number of morpholine rings is 1. The highest BCUT2D eigenvalue weighted by atomic mass is 32.2. The molecule has 8 nitrogen and oxygen atoms in total. The highest BCUT2D eigenvalue weighted by molar-refractivity contribution is 7.91. The molecule has 9 heteroatoms. The summed E-state index contributed by atoms with van der Waals surface area (Å²) in [6.07, 6.45) is 0.699. The summed E-state index contributed by atoms with van der Waals surface area (Å²) in [5.74, 6) is -0.820. The van der Waals surface area contributed by atoms with Gasteiger partial charge in [0.2, 0.25) is 21.8 Å². The Hall–Kier alpha value is -2.13. The van der Waals surface area contributed by atoms with Gasteiger partial charge in [-0.05, 0) is 65.3 Å². The van der Waals surface area contributed by atoms with Gasteiger partial charge in [0, 0.05) is 37.3 Å². The number of hydrogen-bond acceptors (Lipinski definition) is 6. The zero-order valence-electron chi connectivity index (χ0n) is 18.4. The highest BCUT2D eigenvalue weighted by Crippen LogP contribution is 2.22. The van der Waals surface area contributed by atoms with E-state index in [0.29, 0.717) is 5.69 Å². The van der Waals surface area contributed by atoms with E-state index in [-0.39, 0.29) is 37.4 Å². The van der Waals surface area contributed by atoms with Crippen molar-refractivity contribution >= 4 is 33.2 Å². The van der Waals surface area contributed by atoms with Crippen LogP contribution < -0.4 is 14.9 Å². The molecule has 168 valence electrons. The predicted molar refractivity (Wildman–Crippen MR) is 118 cm³/mol. The topological polar surface area (TPSA) is 105 Å². The van der Waals surface area contributed by atoms with Crippen LogP contribution in [0.15, 0.2) is 24.3 Å². The molecule has 2 N–H and O–H groups in total. The summed E-state index contributed by atoms with van der Waals surface area (Å²) < 4.78 is 30.7. The molecule has 1 aromatic carbocycles. The molecule has 0 radical (unpaired) electrons. The summed E-state index contributed by atoms with van der Waals surface area (Å²) >= 11 is 0.